The second-order valence-corrected chi connectivity index (χ2v) is 7.44. The highest BCUT2D eigenvalue weighted by molar-refractivity contribution is 7.92. The third kappa shape index (κ3) is 2.70. The minimum Gasteiger partial charge on any atom is -0.545 e. The minimum atomic E-state index is -3.81. The van der Waals surface area contributed by atoms with Crippen molar-refractivity contribution in [2.75, 3.05) is 10.8 Å². The van der Waals surface area contributed by atoms with E-state index in [-0.39, 0.29) is 10.5 Å². The Morgan fingerprint density at radius 3 is 2.65 bits per heavy atom. The number of anilines is 1. The van der Waals surface area contributed by atoms with Gasteiger partial charge in [-0.25, -0.2) is 8.42 Å². The van der Waals surface area contributed by atoms with Gasteiger partial charge in [0.15, 0.2) is 0 Å². The number of carbonyl (C=O) groups excluding carboxylic acids is 1. The zero-order chi connectivity index (χ0) is 16.6. The highest BCUT2D eigenvalue weighted by Gasteiger charge is 2.29. The van der Waals surface area contributed by atoms with Crippen LogP contribution >= 0.6 is 0 Å². The van der Waals surface area contributed by atoms with E-state index < -0.39 is 16.0 Å². The van der Waals surface area contributed by atoms with Gasteiger partial charge in [0.25, 0.3) is 10.0 Å². The lowest BCUT2D eigenvalue weighted by molar-refractivity contribution is -0.255. The lowest BCUT2D eigenvalue weighted by Crippen LogP contribution is -2.35. The quantitative estimate of drug-likeness (QED) is 0.854. The zero-order valence-electron chi connectivity index (χ0n) is 12.7. The minimum absolute atomic E-state index is 0.0287. The van der Waals surface area contributed by atoms with Gasteiger partial charge in [-0.05, 0) is 49.1 Å². The number of carboxylic acid groups (broad SMARTS) is 1. The van der Waals surface area contributed by atoms with Gasteiger partial charge in [-0.15, -0.1) is 0 Å². The summed E-state index contributed by atoms with van der Waals surface area (Å²) >= 11 is 0. The van der Waals surface area contributed by atoms with Crippen molar-refractivity contribution in [2.24, 2.45) is 0 Å². The fourth-order valence-electron chi connectivity index (χ4n) is 2.86. The number of benzene rings is 2. The van der Waals surface area contributed by atoms with E-state index in [1.807, 2.05) is 12.1 Å². The molecule has 0 saturated carbocycles. The van der Waals surface area contributed by atoms with Crippen molar-refractivity contribution < 1.29 is 18.3 Å². The molecule has 0 N–H and O–H groups in total. The van der Waals surface area contributed by atoms with Crippen LogP contribution in [0.5, 0.6) is 0 Å². The van der Waals surface area contributed by atoms with Crippen LogP contribution in [0.4, 0.5) is 5.69 Å². The summed E-state index contributed by atoms with van der Waals surface area (Å²) in [6.45, 7) is 1.99. The standard InChI is InChI=1S/C17H17NO4S/c1-12-8-9-14(11-15(12)17(19)20)23(21,22)18-10-4-6-13-5-2-3-7-16(13)18/h2-3,5,7-9,11H,4,6,10H2,1H3,(H,19,20)/p-1. The predicted molar refractivity (Wildman–Crippen MR) is 84.8 cm³/mol. The number of carboxylic acids is 1. The second-order valence-electron chi connectivity index (χ2n) is 5.57. The molecule has 3 rings (SSSR count). The van der Waals surface area contributed by atoms with E-state index in [2.05, 4.69) is 0 Å². The molecule has 0 aliphatic carbocycles. The second kappa shape index (κ2) is 5.70. The topological polar surface area (TPSA) is 77.5 Å². The number of aromatic carboxylic acids is 1. The maximum absolute atomic E-state index is 12.9. The molecule has 0 radical (unpaired) electrons. The van der Waals surface area contributed by atoms with E-state index in [4.69, 9.17) is 0 Å². The summed E-state index contributed by atoms with van der Waals surface area (Å²) in [5.74, 6) is -1.38. The Hall–Kier alpha value is -2.34. The van der Waals surface area contributed by atoms with Crippen LogP contribution in [0.3, 0.4) is 0 Å². The SMILES string of the molecule is Cc1ccc(S(=O)(=O)N2CCCc3ccccc32)cc1C(=O)[O-]. The third-order valence-corrected chi connectivity index (χ3v) is 5.89. The van der Waals surface area contributed by atoms with Gasteiger partial charge >= 0.3 is 0 Å². The summed E-state index contributed by atoms with van der Waals surface area (Å²) in [5, 5.41) is 11.2. The maximum atomic E-state index is 12.9. The predicted octanol–water partition coefficient (Wildman–Crippen LogP) is 1.50. The highest BCUT2D eigenvalue weighted by atomic mass is 32.2. The van der Waals surface area contributed by atoms with Crippen molar-refractivity contribution in [2.45, 2.75) is 24.7 Å². The molecule has 0 bridgehead atoms. The van der Waals surface area contributed by atoms with Crippen molar-refractivity contribution in [3.8, 4) is 0 Å². The first-order chi connectivity index (χ1) is 10.9. The average molecular weight is 330 g/mol. The molecule has 6 heteroatoms. The molecule has 23 heavy (non-hydrogen) atoms. The first-order valence-corrected chi connectivity index (χ1v) is 8.78. The summed E-state index contributed by atoms with van der Waals surface area (Å²) in [6, 6.07) is 11.5. The fraction of sp³-hybridized carbons (Fsp3) is 0.235. The molecule has 120 valence electrons. The molecule has 0 saturated heterocycles. The van der Waals surface area contributed by atoms with Gasteiger partial charge in [-0.2, -0.15) is 0 Å². The first kappa shape index (κ1) is 15.6. The summed E-state index contributed by atoms with van der Waals surface area (Å²) in [5.41, 5.74) is 2.02. The van der Waals surface area contributed by atoms with Crippen molar-refractivity contribution in [1.29, 1.82) is 0 Å². The number of nitrogens with zero attached hydrogens (tertiary/aromatic N) is 1. The number of para-hydroxylation sites is 1. The van der Waals surface area contributed by atoms with E-state index >= 15 is 0 Å². The van der Waals surface area contributed by atoms with Crippen LogP contribution in [0.1, 0.15) is 27.9 Å². The van der Waals surface area contributed by atoms with Crippen molar-refractivity contribution in [1.82, 2.24) is 0 Å². The van der Waals surface area contributed by atoms with Crippen LogP contribution < -0.4 is 9.41 Å². The molecule has 0 unspecified atom stereocenters. The van der Waals surface area contributed by atoms with E-state index in [0.29, 0.717) is 17.8 Å². The molecule has 1 aliphatic rings. The van der Waals surface area contributed by atoms with Gasteiger partial charge in [-0.1, -0.05) is 24.3 Å². The lowest BCUT2D eigenvalue weighted by atomic mass is 10.0. The molecule has 1 aliphatic heterocycles. The molecule has 0 atom stereocenters. The van der Waals surface area contributed by atoms with Gasteiger partial charge in [-0.3, -0.25) is 4.31 Å². The molecule has 5 nitrogen and oxygen atoms in total. The molecule has 0 spiro atoms. The first-order valence-electron chi connectivity index (χ1n) is 7.34. The van der Waals surface area contributed by atoms with Crippen LogP contribution in [0, 0.1) is 6.92 Å². The van der Waals surface area contributed by atoms with Crippen LogP contribution in [-0.2, 0) is 16.4 Å². The lowest BCUT2D eigenvalue weighted by Gasteiger charge is -2.30. The number of fused-ring (bicyclic) bond motifs is 1. The van der Waals surface area contributed by atoms with Crippen molar-refractivity contribution in [3.63, 3.8) is 0 Å². The Morgan fingerprint density at radius 1 is 1.17 bits per heavy atom. The van der Waals surface area contributed by atoms with E-state index in [1.54, 1.807) is 19.1 Å². The zero-order valence-corrected chi connectivity index (χ0v) is 13.5. The Bertz CT molecular complexity index is 874. The monoisotopic (exact) mass is 330 g/mol. The molecule has 2 aromatic carbocycles. The van der Waals surface area contributed by atoms with Gasteiger partial charge in [0.1, 0.15) is 0 Å². The Labute approximate surface area is 135 Å². The molecular formula is C17H16NO4S-. The van der Waals surface area contributed by atoms with E-state index in [9.17, 15) is 18.3 Å². The van der Waals surface area contributed by atoms with Gasteiger partial charge in [0, 0.05) is 12.1 Å². The molecule has 0 aromatic heterocycles. The summed E-state index contributed by atoms with van der Waals surface area (Å²) in [7, 11) is -3.81. The number of carbonyl (C=O) groups is 1. The van der Waals surface area contributed by atoms with Crippen LogP contribution in [0.25, 0.3) is 0 Å². The largest absolute Gasteiger partial charge is 0.545 e. The van der Waals surface area contributed by atoms with Crippen LogP contribution in [-0.4, -0.2) is 20.9 Å². The Morgan fingerprint density at radius 2 is 1.91 bits per heavy atom. The maximum Gasteiger partial charge on any atom is 0.264 e. The molecule has 0 amide bonds. The molecular weight excluding hydrogens is 314 g/mol. The number of rotatable bonds is 3. The summed E-state index contributed by atoms with van der Waals surface area (Å²) in [6.07, 6.45) is 1.57. The van der Waals surface area contributed by atoms with E-state index in [0.717, 1.165) is 18.4 Å². The van der Waals surface area contributed by atoms with Gasteiger partial charge in [0.2, 0.25) is 0 Å². The summed E-state index contributed by atoms with van der Waals surface area (Å²) < 4.78 is 27.3. The van der Waals surface area contributed by atoms with Crippen molar-refractivity contribution >= 4 is 21.7 Å². The summed E-state index contributed by atoms with van der Waals surface area (Å²) in [4.78, 5) is 11.1. The van der Waals surface area contributed by atoms with Crippen LogP contribution in [0.15, 0.2) is 47.4 Å². The highest BCUT2D eigenvalue weighted by Crippen LogP contribution is 2.32. The fourth-order valence-corrected chi connectivity index (χ4v) is 4.43. The number of hydrogen-bond acceptors (Lipinski definition) is 4. The average Bonchev–Trinajstić information content (AvgIpc) is 2.54. The number of aryl methyl sites for hydroxylation is 2. The van der Waals surface area contributed by atoms with E-state index in [1.165, 1.54) is 22.5 Å². The van der Waals surface area contributed by atoms with Gasteiger partial charge < -0.3 is 9.90 Å². The normalized spacial score (nSPS) is 14.4. The number of hydrogen-bond donors (Lipinski definition) is 0. The Balaban J connectivity index is 2.10. The molecule has 2 aromatic rings. The Kier molecular flexibility index (Phi) is 3.85. The van der Waals surface area contributed by atoms with Crippen molar-refractivity contribution in [3.05, 3.63) is 59.2 Å². The van der Waals surface area contributed by atoms with Gasteiger partial charge in [0.05, 0.1) is 16.6 Å². The molecule has 1 heterocycles. The molecule has 0 fully saturated rings. The smallest absolute Gasteiger partial charge is 0.264 e. The number of sulfonamides is 1. The van der Waals surface area contributed by atoms with Crippen LogP contribution in [0.2, 0.25) is 0 Å². The third-order valence-electron chi connectivity index (χ3n) is 4.08.